The third-order valence-corrected chi connectivity index (χ3v) is 4.04. The van der Waals surface area contributed by atoms with Crippen LogP contribution in [0.25, 0.3) is 0 Å². The number of anilines is 1. The first kappa shape index (κ1) is 13.9. The first-order valence-electron chi connectivity index (χ1n) is 6.33. The van der Waals surface area contributed by atoms with Gasteiger partial charge in [0.2, 0.25) is 5.91 Å². The number of rotatable bonds is 3. The van der Waals surface area contributed by atoms with E-state index in [1.165, 1.54) is 0 Å². The van der Waals surface area contributed by atoms with Crippen molar-refractivity contribution in [2.75, 3.05) is 12.4 Å². The van der Waals surface area contributed by atoms with E-state index in [1.54, 1.807) is 13.1 Å². The first-order valence-corrected chi connectivity index (χ1v) is 7.12. The van der Waals surface area contributed by atoms with E-state index in [2.05, 4.69) is 32.6 Å². The molecule has 4 nitrogen and oxygen atoms in total. The standard InChI is InChI=1S/C14H16BrN3O/c1-17-14(19)11-3-2-4-13(11)18-12-6-5-10(15)7-9(12)8-16/h5-7,11,13,18H,2-4H2,1H3,(H,17,19)/t11-,13-/m0/s1. The van der Waals surface area contributed by atoms with Gasteiger partial charge in [-0.05, 0) is 31.0 Å². The molecule has 0 heterocycles. The molecule has 1 aromatic rings. The summed E-state index contributed by atoms with van der Waals surface area (Å²) in [5.41, 5.74) is 1.39. The Bertz CT molecular complexity index is 524. The molecular formula is C14H16BrN3O. The summed E-state index contributed by atoms with van der Waals surface area (Å²) < 4.78 is 0.879. The predicted molar refractivity (Wildman–Crippen MR) is 77.7 cm³/mol. The summed E-state index contributed by atoms with van der Waals surface area (Å²) in [7, 11) is 1.66. The fourth-order valence-corrected chi connectivity index (χ4v) is 2.93. The highest BCUT2D eigenvalue weighted by Crippen LogP contribution is 2.30. The molecule has 2 atom stereocenters. The Morgan fingerprint density at radius 3 is 2.95 bits per heavy atom. The molecule has 0 spiro atoms. The van der Waals surface area contributed by atoms with E-state index in [1.807, 2.05) is 12.1 Å². The molecule has 0 radical (unpaired) electrons. The van der Waals surface area contributed by atoms with Gasteiger partial charge in [-0.25, -0.2) is 0 Å². The van der Waals surface area contributed by atoms with Crippen molar-refractivity contribution in [2.45, 2.75) is 25.3 Å². The average Bonchev–Trinajstić information content (AvgIpc) is 2.88. The highest BCUT2D eigenvalue weighted by molar-refractivity contribution is 9.10. The van der Waals surface area contributed by atoms with E-state index in [-0.39, 0.29) is 17.9 Å². The zero-order valence-corrected chi connectivity index (χ0v) is 12.3. The Hall–Kier alpha value is -1.54. The molecule has 100 valence electrons. The average molecular weight is 322 g/mol. The van der Waals surface area contributed by atoms with Crippen LogP contribution in [0, 0.1) is 17.2 Å². The Labute approximate surface area is 121 Å². The maximum atomic E-state index is 11.8. The van der Waals surface area contributed by atoms with Crippen LogP contribution in [0.5, 0.6) is 0 Å². The van der Waals surface area contributed by atoms with Crippen LogP contribution in [0.3, 0.4) is 0 Å². The number of hydrogen-bond acceptors (Lipinski definition) is 3. The number of nitrogens with one attached hydrogen (secondary N) is 2. The topological polar surface area (TPSA) is 64.9 Å². The number of carbonyl (C=O) groups is 1. The molecule has 0 bridgehead atoms. The van der Waals surface area contributed by atoms with E-state index in [0.717, 1.165) is 29.4 Å². The Morgan fingerprint density at radius 2 is 2.26 bits per heavy atom. The van der Waals surface area contributed by atoms with Gasteiger partial charge < -0.3 is 10.6 Å². The number of nitriles is 1. The molecule has 5 heteroatoms. The quantitative estimate of drug-likeness (QED) is 0.899. The highest BCUT2D eigenvalue weighted by atomic mass is 79.9. The number of benzene rings is 1. The lowest BCUT2D eigenvalue weighted by Gasteiger charge is -2.21. The normalized spacial score (nSPS) is 21.7. The van der Waals surface area contributed by atoms with Gasteiger partial charge >= 0.3 is 0 Å². The molecule has 1 amide bonds. The molecule has 0 unspecified atom stereocenters. The van der Waals surface area contributed by atoms with Crippen molar-refractivity contribution in [3.63, 3.8) is 0 Å². The largest absolute Gasteiger partial charge is 0.380 e. The van der Waals surface area contributed by atoms with Gasteiger partial charge in [-0.15, -0.1) is 0 Å². The maximum Gasteiger partial charge on any atom is 0.224 e. The van der Waals surface area contributed by atoms with Crippen molar-refractivity contribution in [3.8, 4) is 6.07 Å². The smallest absolute Gasteiger partial charge is 0.224 e. The molecule has 1 saturated carbocycles. The van der Waals surface area contributed by atoms with Crippen molar-refractivity contribution in [2.24, 2.45) is 5.92 Å². The SMILES string of the molecule is CNC(=O)[C@H]1CCC[C@@H]1Nc1ccc(Br)cc1C#N. The number of hydrogen-bond donors (Lipinski definition) is 2. The minimum atomic E-state index is -0.0137. The molecule has 0 saturated heterocycles. The third kappa shape index (κ3) is 3.07. The van der Waals surface area contributed by atoms with Gasteiger partial charge in [0.25, 0.3) is 0 Å². The van der Waals surface area contributed by atoms with Gasteiger partial charge in [-0.3, -0.25) is 4.79 Å². The lowest BCUT2D eigenvalue weighted by Crippen LogP contribution is -2.36. The Kier molecular flexibility index (Phi) is 4.43. The molecule has 1 fully saturated rings. The summed E-state index contributed by atoms with van der Waals surface area (Å²) in [5.74, 6) is 0.0609. The summed E-state index contributed by atoms with van der Waals surface area (Å²) in [6.07, 6.45) is 2.89. The van der Waals surface area contributed by atoms with Crippen LogP contribution >= 0.6 is 15.9 Å². The minimum absolute atomic E-state index is 0.0137. The van der Waals surface area contributed by atoms with Gasteiger partial charge in [-0.2, -0.15) is 5.26 Å². The summed E-state index contributed by atoms with van der Waals surface area (Å²) in [5, 5.41) is 15.2. The first-order chi connectivity index (χ1) is 9.15. The number of carbonyl (C=O) groups excluding carboxylic acids is 1. The molecule has 1 aliphatic carbocycles. The van der Waals surface area contributed by atoms with Crippen molar-refractivity contribution in [1.29, 1.82) is 5.26 Å². The van der Waals surface area contributed by atoms with Crippen molar-refractivity contribution >= 4 is 27.5 Å². The van der Waals surface area contributed by atoms with Crippen LogP contribution in [0.1, 0.15) is 24.8 Å². The van der Waals surface area contributed by atoms with E-state index in [9.17, 15) is 4.79 Å². The summed E-state index contributed by atoms with van der Waals surface area (Å²) in [6.45, 7) is 0. The minimum Gasteiger partial charge on any atom is -0.380 e. The third-order valence-electron chi connectivity index (χ3n) is 3.54. The van der Waals surface area contributed by atoms with Crippen LogP contribution < -0.4 is 10.6 Å². The monoisotopic (exact) mass is 321 g/mol. The van der Waals surface area contributed by atoms with E-state index in [0.29, 0.717) is 5.56 Å². The lowest BCUT2D eigenvalue weighted by atomic mass is 10.0. The number of nitrogens with zero attached hydrogens (tertiary/aromatic N) is 1. The zero-order valence-electron chi connectivity index (χ0n) is 10.7. The van der Waals surface area contributed by atoms with Crippen LogP contribution in [0.15, 0.2) is 22.7 Å². The molecule has 19 heavy (non-hydrogen) atoms. The molecule has 2 rings (SSSR count). The number of amides is 1. The second-order valence-corrected chi connectivity index (χ2v) is 5.62. The molecule has 1 aromatic carbocycles. The van der Waals surface area contributed by atoms with Gasteiger partial charge in [-0.1, -0.05) is 22.4 Å². The fourth-order valence-electron chi connectivity index (χ4n) is 2.57. The summed E-state index contributed by atoms with van der Waals surface area (Å²) in [6, 6.07) is 7.84. The fraction of sp³-hybridized carbons (Fsp3) is 0.429. The Balaban J connectivity index is 2.17. The second kappa shape index (κ2) is 6.07. The van der Waals surface area contributed by atoms with E-state index in [4.69, 9.17) is 5.26 Å². The van der Waals surface area contributed by atoms with Crippen molar-refractivity contribution in [3.05, 3.63) is 28.2 Å². The summed E-state index contributed by atoms with van der Waals surface area (Å²) in [4.78, 5) is 11.8. The van der Waals surface area contributed by atoms with Gasteiger partial charge in [0, 0.05) is 17.6 Å². The zero-order chi connectivity index (χ0) is 13.8. The van der Waals surface area contributed by atoms with Gasteiger partial charge in [0.05, 0.1) is 17.2 Å². The van der Waals surface area contributed by atoms with E-state index < -0.39 is 0 Å². The lowest BCUT2D eigenvalue weighted by molar-refractivity contribution is -0.124. The van der Waals surface area contributed by atoms with Crippen LogP contribution in [-0.2, 0) is 4.79 Å². The molecular weight excluding hydrogens is 306 g/mol. The van der Waals surface area contributed by atoms with Crippen molar-refractivity contribution < 1.29 is 4.79 Å². The van der Waals surface area contributed by atoms with Gasteiger partial charge in [0.1, 0.15) is 6.07 Å². The molecule has 0 aromatic heterocycles. The second-order valence-electron chi connectivity index (χ2n) is 4.70. The molecule has 1 aliphatic rings. The molecule has 0 aliphatic heterocycles. The van der Waals surface area contributed by atoms with Crippen LogP contribution in [-0.4, -0.2) is 19.0 Å². The highest BCUT2D eigenvalue weighted by Gasteiger charge is 2.32. The Morgan fingerprint density at radius 1 is 1.47 bits per heavy atom. The number of halogens is 1. The summed E-state index contributed by atoms with van der Waals surface area (Å²) >= 11 is 3.35. The van der Waals surface area contributed by atoms with Crippen LogP contribution in [0.2, 0.25) is 0 Å². The van der Waals surface area contributed by atoms with Crippen molar-refractivity contribution in [1.82, 2.24) is 5.32 Å². The van der Waals surface area contributed by atoms with Crippen LogP contribution in [0.4, 0.5) is 5.69 Å². The molecule has 2 N–H and O–H groups in total. The van der Waals surface area contributed by atoms with E-state index >= 15 is 0 Å². The van der Waals surface area contributed by atoms with Gasteiger partial charge in [0.15, 0.2) is 0 Å². The predicted octanol–water partition coefficient (Wildman–Crippen LogP) is 2.65. The maximum absolute atomic E-state index is 11.8.